The lowest BCUT2D eigenvalue weighted by molar-refractivity contribution is -0.122. The number of benzene rings is 1. The van der Waals surface area contributed by atoms with E-state index in [1.165, 1.54) is 0 Å². The first-order valence-corrected chi connectivity index (χ1v) is 12.4. The molecule has 0 aliphatic heterocycles. The third kappa shape index (κ3) is 4.64. The summed E-state index contributed by atoms with van der Waals surface area (Å²) in [7, 11) is 0. The molecule has 0 radical (unpaired) electrons. The second kappa shape index (κ2) is 9.56. The van der Waals surface area contributed by atoms with Gasteiger partial charge in [-0.2, -0.15) is 4.98 Å². The minimum absolute atomic E-state index is 0.0645. The van der Waals surface area contributed by atoms with Crippen LogP contribution < -0.4 is 16.4 Å². The van der Waals surface area contributed by atoms with Crippen molar-refractivity contribution in [2.24, 2.45) is 11.7 Å². The maximum Gasteiger partial charge on any atom is 0.225 e. The van der Waals surface area contributed by atoms with E-state index in [0.717, 1.165) is 32.1 Å². The molecule has 11 heteroatoms. The van der Waals surface area contributed by atoms with E-state index in [2.05, 4.69) is 20.2 Å². The first kappa shape index (κ1) is 23.1. The van der Waals surface area contributed by atoms with Crippen molar-refractivity contribution < 1.29 is 9.90 Å². The largest absolute Gasteiger partial charge is 0.391 e. The summed E-state index contributed by atoms with van der Waals surface area (Å²) in [6.45, 7) is 0. The summed E-state index contributed by atoms with van der Waals surface area (Å²) in [5.74, 6) is 0.698. The molecular weight excluding hydrogens is 477 g/mol. The van der Waals surface area contributed by atoms with Gasteiger partial charge in [-0.05, 0) is 63.1 Å². The Bertz CT molecular complexity index is 1210. The third-order valence-corrected chi connectivity index (χ3v) is 7.42. The number of hydrogen-bond acceptors (Lipinski definition) is 7. The number of carbonyl (C=O) groups is 1. The summed E-state index contributed by atoms with van der Waals surface area (Å²) < 4.78 is 2.06. The van der Waals surface area contributed by atoms with Crippen molar-refractivity contribution in [2.45, 2.75) is 63.1 Å². The van der Waals surface area contributed by atoms with Crippen molar-refractivity contribution in [3.05, 3.63) is 34.4 Å². The summed E-state index contributed by atoms with van der Waals surface area (Å²) in [4.78, 5) is 25.7. The van der Waals surface area contributed by atoms with Crippen LogP contribution in [-0.2, 0) is 4.79 Å². The Balaban J connectivity index is 1.51. The van der Waals surface area contributed by atoms with Crippen LogP contribution in [0.25, 0.3) is 11.2 Å². The Morgan fingerprint density at radius 3 is 2.59 bits per heavy atom. The number of carbonyl (C=O) groups excluding carboxylic acids is 1. The molecule has 1 amide bonds. The zero-order valence-electron chi connectivity index (χ0n) is 18.5. The molecule has 2 atom stereocenters. The predicted octanol–water partition coefficient (Wildman–Crippen LogP) is 4.42. The number of amides is 1. The molecule has 5 N–H and O–H groups in total. The van der Waals surface area contributed by atoms with Crippen LogP contribution in [0.4, 0.5) is 17.6 Å². The average Bonchev–Trinajstić information content (AvgIpc) is 3.38. The Morgan fingerprint density at radius 2 is 1.91 bits per heavy atom. The van der Waals surface area contributed by atoms with Gasteiger partial charge in [-0.3, -0.25) is 9.36 Å². The number of nitrogens with two attached hydrogens (primary N) is 1. The highest BCUT2D eigenvalue weighted by Crippen LogP contribution is 2.38. The fraction of sp³-hybridized carbons (Fsp3) is 0.478. The van der Waals surface area contributed by atoms with Gasteiger partial charge in [-0.15, -0.1) is 0 Å². The van der Waals surface area contributed by atoms with Gasteiger partial charge < -0.3 is 21.5 Å². The van der Waals surface area contributed by atoms with Crippen LogP contribution in [0.15, 0.2) is 24.4 Å². The number of hydrogen-bond donors (Lipinski definition) is 4. The van der Waals surface area contributed by atoms with Gasteiger partial charge in [0.25, 0.3) is 0 Å². The van der Waals surface area contributed by atoms with E-state index < -0.39 is 6.10 Å². The van der Waals surface area contributed by atoms with Crippen molar-refractivity contribution in [3.63, 3.8) is 0 Å². The van der Waals surface area contributed by atoms with E-state index in [9.17, 15) is 9.90 Å². The number of aromatic nitrogens is 4. The molecular formula is C23H27Cl2N7O2. The van der Waals surface area contributed by atoms with Gasteiger partial charge in [0.15, 0.2) is 5.65 Å². The molecule has 2 heterocycles. The van der Waals surface area contributed by atoms with Gasteiger partial charge in [0.1, 0.15) is 5.52 Å². The normalized spacial score (nSPS) is 24.9. The highest BCUT2D eigenvalue weighted by Gasteiger charge is 2.30. The molecule has 0 unspecified atom stereocenters. The van der Waals surface area contributed by atoms with Crippen molar-refractivity contribution in [2.75, 3.05) is 10.6 Å². The minimum atomic E-state index is -0.405. The van der Waals surface area contributed by atoms with Crippen LogP contribution in [0.1, 0.15) is 51.0 Å². The Hall–Kier alpha value is -2.62. The number of nitrogens with zero attached hydrogens (tertiary/aromatic N) is 4. The van der Waals surface area contributed by atoms with Crippen LogP contribution >= 0.6 is 23.2 Å². The molecule has 180 valence electrons. The number of fused-ring (bicyclic) bond motifs is 1. The van der Waals surface area contributed by atoms with Gasteiger partial charge in [0, 0.05) is 17.0 Å². The number of aliphatic hydroxyl groups excluding tert-OH is 1. The summed E-state index contributed by atoms with van der Waals surface area (Å²) in [6, 6.07) is 5.25. The van der Waals surface area contributed by atoms with Crippen molar-refractivity contribution in [1.82, 2.24) is 19.5 Å². The molecule has 2 aromatic heterocycles. The van der Waals surface area contributed by atoms with E-state index in [1.54, 1.807) is 24.4 Å². The Labute approximate surface area is 207 Å². The van der Waals surface area contributed by atoms with E-state index in [1.807, 2.05) is 0 Å². The van der Waals surface area contributed by atoms with Gasteiger partial charge in [0.05, 0.1) is 29.1 Å². The topological polar surface area (TPSA) is 131 Å². The zero-order valence-corrected chi connectivity index (χ0v) is 20.1. The lowest BCUT2D eigenvalue weighted by Crippen LogP contribution is -2.29. The third-order valence-electron chi connectivity index (χ3n) is 6.87. The lowest BCUT2D eigenvalue weighted by atomic mass is 9.85. The van der Waals surface area contributed by atoms with Gasteiger partial charge in [-0.1, -0.05) is 23.2 Å². The van der Waals surface area contributed by atoms with Crippen LogP contribution in [0.5, 0.6) is 0 Å². The van der Waals surface area contributed by atoms with Crippen molar-refractivity contribution >= 4 is 57.9 Å². The molecule has 3 aromatic rings. The molecule has 2 fully saturated rings. The second-order valence-corrected chi connectivity index (χ2v) is 9.96. The number of primary amides is 1. The Kier molecular flexibility index (Phi) is 6.50. The first-order chi connectivity index (χ1) is 16.4. The molecule has 2 aliphatic carbocycles. The highest BCUT2D eigenvalue weighted by atomic mass is 35.5. The summed E-state index contributed by atoms with van der Waals surface area (Å²) in [5.41, 5.74) is 7.54. The first-order valence-electron chi connectivity index (χ1n) is 11.6. The maximum absolute atomic E-state index is 11.7. The van der Waals surface area contributed by atoms with Crippen LogP contribution in [0.2, 0.25) is 10.0 Å². The average molecular weight is 504 g/mol. The van der Waals surface area contributed by atoms with E-state index >= 15 is 0 Å². The number of aliphatic hydroxyl groups is 1. The zero-order chi connectivity index (χ0) is 23.8. The predicted molar refractivity (Wildman–Crippen MR) is 133 cm³/mol. The molecule has 0 spiro atoms. The van der Waals surface area contributed by atoms with Crippen LogP contribution in [0.3, 0.4) is 0 Å². The molecule has 1 aromatic carbocycles. The molecule has 5 rings (SSSR count). The fourth-order valence-corrected chi connectivity index (χ4v) is 5.45. The Morgan fingerprint density at radius 1 is 1.12 bits per heavy atom. The second-order valence-electron chi connectivity index (χ2n) is 9.11. The number of halogens is 2. The molecule has 0 bridgehead atoms. The van der Waals surface area contributed by atoms with Crippen LogP contribution in [-0.4, -0.2) is 42.7 Å². The summed E-state index contributed by atoms with van der Waals surface area (Å²) >= 11 is 12.5. The van der Waals surface area contributed by atoms with E-state index in [0.29, 0.717) is 51.6 Å². The standard InChI is InChI=1S/C23H27Cl2N7O2/c24-13-6-9-16(15(25)10-13)29-23-30-18-11-27-22(28-17-2-1-3-19(17)33)31-21(18)32(23)14-7-4-12(5-8-14)20(26)34/h6,9-12,14,17,19,33H,1-5,7-8H2,(H2,26,34)(H,29,30)(H,27,28,31)/t12-,14+,17-,19-/m1/s1. The summed E-state index contributed by atoms with van der Waals surface area (Å²) in [6.07, 6.45) is 6.88. The monoisotopic (exact) mass is 503 g/mol. The number of anilines is 3. The van der Waals surface area contributed by atoms with Crippen LogP contribution in [0, 0.1) is 5.92 Å². The minimum Gasteiger partial charge on any atom is -0.391 e. The molecule has 9 nitrogen and oxygen atoms in total. The van der Waals surface area contributed by atoms with E-state index in [-0.39, 0.29) is 23.9 Å². The lowest BCUT2D eigenvalue weighted by Gasteiger charge is -2.29. The van der Waals surface area contributed by atoms with Crippen molar-refractivity contribution in [1.29, 1.82) is 0 Å². The number of nitrogens with one attached hydrogen (secondary N) is 2. The maximum atomic E-state index is 11.7. The SMILES string of the molecule is NC(=O)[C@H]1CC[C@@H](n2c(Nc3ccc(Cl)cc3Cl)nc3cnc(N[C@@H]4CCC[C@H]4O)nc32)CC1. The molecule has 34 heavy (non-hydrogen) atoms. The summed E-state index contributed by atoms with van der Waals surface area (Å²) in [5, 5.41) is 17.8. The van der Waals surface area contributed by atoms with Gasteiger partial charge in [0.2, 0.25) is 17.8 Å². The molecule has 2 aliphatic rings. The molecule has 2 saturated carbocycles. The fourth-order valence-electron chi connectivity index (χ4n) is 5.00. The highest BCUT2D eigenvalue weighted by molar-refractivity contribution is 6.36. The smallest absolute Gasteiger partial charge is 0.225 e. The number of rotatable bonds is 6. The van der Waals surface area contributed by atoms with E-state index in [4.69, 9.17) is 38.9 Å². The van der Waals surface area contributed by atoms with Gasteiger partial charge in [-0.25, -0.2) is 9.97 Å². The quantitative estimate of drug-likeness (QED) is 0.391. The van der Waals surface area contributed by atoms with Gasteiger partial charge >= 0.3 is 0 Å². The van der Waals surface area contributed by atoms with Crippen molar-refractivity contribution in [3.8, 4) is 0 Å². The molecule has 0 saturated heterocycles. The number of imidazole rings is 1.